The molecule has 11 heteroatoms. The molecule has 0 unspecified atom stereocenters. The maximum absolute atomic E-state index is 12.9. The van der Waals surface area contributed by atoms with E-state index in [-0.39, 0.29) is 10.7 Å². The minimum absolute atomic E-state index is 0.141. The molecule has 9 nitrogen and oxygen atoms in total. The first-order valence-electron chi connectivity index (χ1n) is 8.91. The van der Waals surface area contributed by atoms with Crippen molar-refractivity contribution >= 4 is 44.0 Å². The molecule has 0 saturated heterocycles. The van der Waals surface area contributed by atoms with Gasteiger partial charge in [0.1, 0.15) is 10.6 Å². The maximum Gasteiger partial charge on any atom is 0.298 e. The molecule has 0 saturated carbocycles. The molecule has 0 aliphatic heterocycles. The van der Waals surface area contributed by atoms with Gasteiger partial charge in [-0.3, -0.25) is 9.35 Å². The summed E-state index contributed by atoms with van der Waals surface area (Å²) in [5.41, 5.74) is -0.841. The molecular formula is C19H18ClN3O6S. The number of pyridine rings is 1. The molecule has 0 bridgehead atoms. The third kappa shape index (κ3) is 4.16. The van der Waals surface area contributed by atoms with Gasteiger partial charge in [0, 0.05) is 17.0 Å². The van der Waals surface area contributed by atoms with E-state index in [0.29, 0.717) is 17.4 Å². The molecule has 0 amide bonds. The molecule has 1 aromatic heterocycles. The van der Waals surface area contributed by atoms with E-state index in [1.807, 2.05) is 6.92 Å². The Balaban J connectivity index is 2.21. The van der Waals surface area contributed by atoms with E-state index < -0.39 is 37.8 Å². The Labute approximate surface area is 176 Å². The zero-order valence-electron chi connectivity index (χ0n) is 15.8. The minimum atomic E-state index is -4.77. The number of aromatic hydroxyl groups is 2. The van der Waals surface area contributed by atoms with E-state index in [2.05, 4.69) is 10.2 Å². The fourth-order valence-corrected chi connectivity index (χ4v) is 3.84. The monoisotopic (exact) mass is 451 g/mol. The van der Waals surface area contributed by atoms with Gasteiger partial charge in [0.05, 0.1) is 5.52 Å². The Morgan fingerprint density at radius 1 is 1.10 bits per heavy atom. The van der Waals surface area contributed by atoms with E-state index in [1.54, 1.807) is 24.3 Å². The number of phenols is 1. The smallest absolute Gasteiger partial charge is 0.298 e. The molecule has 0 aliphatic carbocycles. The first-order valence-corrected chi connectivity index (χ1v) is 10.7. The Hall–Kier alpha value is -2.95. The van der Waals surface area contributed by atoms with Crippen LogP contribution in [0.2, 0.25) is 5.02 Å². The summed E-state index contributed by atoms with van der Waals surface area (Å²) >= 11 is 5.83. The number of azo groups is 1. The Morgan fingerprint density at radius 3 is 2.47 bits per heavy atom. The Morgan fingerprint density at radius 2 is 1.80 bits per heavy atom. The zero-order valence-corrected chi connectivity index (χ0v) is 17.4. The number of hydrogen-bond donors (Lipinski definition) is 3. The Kier molecular flexibility index (Phi) is 6.11. The molecule has 0 fully saturated rings. The largest absolute Gasteiger partial charge is 0.505 e. The topological polar surface area (TPSA) is 142 Å². The van der Waals surface area contributed by atoms with Crippen LogP contribution in [0, 0.1) is 0 Å². The van der Waals surface area contributed by atoms with E-state index in [1.165, 1.54) is 4.57 Å². The van der Waals surface area contributed by atoms with Crippen molar-refractivity contribution in [3.63, 3.8) is 0 Å². The SMILES string of the molecule is CCCCn1c(=O)c(N=Nc2cc(Cl)cc(S(=O)(=O)O)c2O)c(O)c2ccccc21. The van der Waals surface area contributed by atoms with Crippen LogP contribution < -0.4 is 5.56 Å². The van der Waals surface area contributed by atoms with Gasteiger partial charge in [0.15, 0.2) is 17.2 Å². The van der Waals surface area contributed by atoms with Gasteiger partial charge in [-0.05, 0) is 30.7 Å². The number of benzene rings is 2. The second-order valence-electron chi connectivity index (χ2n) is 6.47. The molecule has 158 valence electrons. The number of rotatable bonds is 6. The van der Waals surface area contributed by atoms with Crippen LogP contribution in [0.15, 0.2) is 56.3 Å². The lowest BCUT2D eigenvalue weighted by molar-refractivity contribution is 0.444. The second-order valence-corrected chi connectivity index (χ2v) is 8.30. The fourth-order valence-electron chi connectivity index (χ4n) is 2.94. The van der Waals surface area contributed by atoms with Crippen molar-refractivity contribution in [3.05, 3.63) is 51.8 Å². The first kappa shape index (κ1) is 21.8. The fraction of sp³-hybridized carbons (Fsp3) is 0.211. The number of para-hydroxylation sites is 1. The highest BCUT2D eigenvalue weighted by molar-refractivity contribution is 7.86. The lowest BCUT2D eigenvalue weighted by atomic mass is 10.1. The van der Waals surface area contributed by atoms with Gasteiger partial charge in [-0.2, -0.15) is 8.42 Å². The van der Waals surface area contributed by atoms with E-state index in [9.17, 15) is 28.0 Å². The molecular weight excluding hydrogens is 434 g/mol. The summed E-state index contributed by atoms with van der Waals surface area (Å²) in [7, 11) is -4.77. The number of nitrogens with zero attached hydrogens (tertiary/aromatic N) is 3. The first-order chi connectivity index (χ1) is 14.1. The van der Waals surface area contributed by atoms with Crippen molar-refractivity contribution < 1.29 is 23.2 Å². The Bertz CT molecular complexity index is 1320. The predicted octanol–water partition coefficient (Wildman–Crippen LogP) is 4.53. The number of unbranched alkanes of at least 4 members (excludes halogenated alkanes) is 1. The summed E-state index contributed by atoms with van der Waals surface area (Å²) in [5.74, 6) is -1.29. The summed E-state index contributed by atoms with van der Waals surface area (Å²) in [6.45, 7) is 2.37. The van der Waals surface area contributed by atoms with Crippen LogP contribution in [-0.2, 0) is 16.7 Å². The molecule has 30 heavy (non-hydrogen) atoms. The summed E-state index contributed by atoms with van der Waals surface area (Å²) in [6.07, 6.45) is 1.56. The van der Waals surface area contributed by atoms with Crippen molar-refractivity contribution in [1.82, 2.24) is 4.57 Å². The number of aryl methyl sites for hydroxylation is 1. The van der Waals surface area contributed by atoms with E-state index in [4.69, 9.17) is 11.6 Å². The number of aromatic nitrogens is 1. The molecule has 0 atom stereocenters. The van der Waals surface area contributed by atoms with Crippen LogP contribution >= 0.6 is 11.6 Å². The standard InChI is InChI=1S/C19H18ClN3O6S/c1-2-3-8-23-14-7-5-4-6-12(14)17(24)16(19(23)26)22-21-13-9-11(20)10-15(18(13)25)30(27,28)29/h4-7,9-10,24-25H,2-3,8H2,1H3,(H,27,28,29). The molecule has 0 aliphatic rings. The van der Waals surface area contributed by atoms with Gasteiger partial charge < -0.3 is 14.8 Å². The van der Waals surface area contributed by atoms with E-state index in [0.717, 1.165) is 25.0 Å². The minimum Gasteiger partial charge on any atom is -0.505 e. The van der Waals surface area contributed by atoms with Crippen molar-refractivity contribution in [2.45, 2.75) is 31.2 Å². The highest BCUT2D eigenvalue weighted by Gasteiger charge is 2.21. The summed E-state index contributed by atoms with van der Waals surface area (Å²) in [5, 5.41) is 28.4. The van der Waals surface area contributed by atoms with Crippen molar-refractivity contribution in [1.29, 1.82) is 0 Å². The van der Waals surface area contributed by atoms with Crippen molar-refractivity contribution in [3.8, 4) is 11.5 Å². The summed E-state index contributed by atoms with van der Waals surface area (Å²) < 4.78 is 33.5. The number of halogens is 1. The maximum atomic E-state index is 12.9. The van der Waals surface area contributed by atoms with Gasteiger partial charge in [-0.25, -0.2) is 0 Å². The molecule has 3 N–H and O–H groups in total. The molecule has 0 spiro atoms. The van der Waals surface area contributed by atoms with Gasteiger partial charge >= 0.3 is 0 Å². The highest BCUT2D eigenvalue weighted by atomic mass is 35.5. The van der Waals surface area contributed by atoms with Crippen LogP contribution in [0.5, 0.6) is 11.5 Å². The van der Waals surface area contributed by atoms with Crippen LogP contribution in [0.25, 0.3) is 10.9 Å². The normalized spacial score (nSPS) is 12.1. The average Bonchev–Trinajstić information content (AvgIpc) is 2.69. The van der Waals surface area contributed by atoms with Gasteiger partial charge in [-0.1, -0.05) is 37.1 Å². The van der Waals surface area contributed by atoms with Gasteiger partial charge in [0.2, 0.25) is 0 Å². The summed E-state index contributed by atoms with van der Waals surface area (Å²) in [6, 6.07) is 8.71. The van der Waals surface area contributed by atoms with Crippen molar-refractivity contribution in [2.75, 3.05) is 0 Å². The molecule has 1 heterocycles. The predicted molar refractivity (Wildman–Crippen MR) is 112 cm³/mol. The van der Waals surface area contributed by atoms with Gasteiger partial charge in [-0.15, -0.1) is 10.2 Å². The molecule has 3 rings (SSSR count). The third-order valence-corrected chi connectivity index (χ3v) is 5.50. The van der Waals surface area contributed by atoms with Crippen molar-refractivity contribution in [2.24, 2.45) is 10.2 Å². The van der Waals surface area contributed by atoms with E-state index >= 15 is 0 Å². The van der Waals surface area contributed by atoms with Crippen LogP contribution in [0.1, 0.15) is 19.8 Å². The zero-order chi connectivity index (χ0) is 22.1. The number of fused-ring (bicyclic) bond motifs is 1. The third-order valence-electron chi connectivity index (χ3n) is 4.41. The second kappa shape index (κ2) is 8.42. The molecule has 2 aromatic carbocycles. The lowest BCUT2D eigenvalue weighted by Gasteiger charge is -2.12. The van der Waals surface area contributed by atoms with Crippen LogP contribution in [0.3, 0.4) is 0 Å². The van der Waals surface area contributed by atoms with Crippen LogP contribution in [-0.4, -0.2) is 27.8 Å². The number of phenolic OH excluding ortho intramolecular Hbond substituents is 1. The molecule has 0 radical (unpaired) electrons. The van der Waals surface area contributed by atoms with Crippen LogP contribution in [0.4, 0.5) is 11.4 Å². The van der Waals surface area contributed by atoms with Gasteiger partial charge in [0.25, 0.3) is 15.7 Å². The average molecular weight is 452 g/mol. The highest BCUT2D eigenvalue weighted by Crippen LogP contribution is 2.38. The summed E-state index contributed by atoms with van der Waals surface area (Å²) in [4.78, 5) is 12.1. The lowest BCUT2D eigenvalue weighted by Crippen LogP contribution is -2.20. The molecule has 3 aromatic rings. The quantitative estimate of drug-likeness (QED) is 0.371. The number of hydrogen-bond acceptors (Lipinski definition) is 7.